The van der Waals surface area contributed by atoms with Crippen LogP contribution in [0.1, 0.15) is 20.8 Å². The number of hydrogen-bond donors (Lipinski definition) is 0. The molecule has 0 atom stereocenters. The van der Waals surface area contributed by atoms with Gasteiger partial charge >= 0.3 is 11.4 Å². The van der Waals surface area contributed by atoms with Crippen LogP contribution in [0.15, 0.2) is 12.4 Å². The summed E-state index contributed by atoms with van der Waals surface area (Å²) in [5, 5.41) is 21.1. The quantitative estimate of drug-likeness (QED) is 0.555. The number of hydrogen-bond acceptors (Lipinski definition) is 4. The van der Waals surface area contributed by atoms with E-state index in [4.69, 9.17) is 0 Å². The highest BCUT2D eigenvalue weighted by Gasteiger charge is 2.29. The van der Waals surface area contributed by atoms with E-state index < -0.39 is 26.8 Å². The zero-order valence-electron chi connectivity index (χ0n) is 8.63. The number of nitrogens with zero attached hydrogens (tertiary/aromatic N) is 3. The van der Waals surface area contributed by atoms with E-state index in [0.29, 0.717) is 0 Å². The van der Waals surface area contributed by atoms with Crippen LogP contribution in [-0.4, -0.2) is 14.4 Å². The first kappa shape index (κ1) is 11.2. The summed E-state index contributed by atoms with van der Waals surface area (Å²) in [6.07, 6.45) is 2.36. The molecule has 7 nitrogen and oxygen atoms in total. The van der Waals surface area contributed by atoms with Crippen molar-refractivity contribution in [3.05, 3.63) is 32.6 Å². The summed E-state index contributed by atoms with van der Waals surface area (Å²) in [5.74, 6) is 0. The molecule has 0 bridgehead atoms. The molecular formula is C8H11N3O4. The molecule has 0 spiro atoms. The maximum Gasteiger partial charge on any atom is 0.363 e. The molecule has 0 aliphatic carbocycles. The molecule has 0 aliphatic heterocycles. The Morgan fingerprint density at radius 2 is 1.40 bits per heavy atom. The van der Waals surface area contributed by atoms with Crippen molar-refractivity contribution < 1.29 is 9.85 Å². The molecule has 0 amide bonds. The first-order chi connectivity index (χ1) is 6.73. The summed E-state index contributed by atoms with van der Waals surface area (Å²) in [7, 11) is 0. The number of nitro groups is 2. The van der Waals surface area contributed by atoms with Gasteiger partial charge in [-0.05, 0) is 20.8 Å². The molecule has 0 unspecified atom stereocenters. The van der Waals surface area contributed by atoms with Gasteiger partial charge in [-0.3, -0.25) is 20.2 Å². The largest absolute Gasteiger partial charge is 0.363 e. The van der Waals surface area contributed by atoms with E-state index in [2.05, 4.69) is 0 Å². The van der Waals surface area contributed by atoms with Gasteiger partial charge in [0.25, 0.3) is 0 Å². The van der Waals surface area contributed by atoms with E-state index in [1.165, 1.54) is 17.0 Å². The Morgan fingerprint density at radius 1 is 1.07 bits per heavy atom. The van der Waals surface area contributed by atoms with Crippen molar-refractivity contribution in [2.45, 2.75) is 26.3 Å². The minimum absolute atomic E-state index is 0.418. The van der Waals surface area contributed by atoms with Gasteiger partial charge in [0.05, 0.1) is 22.2 Å². The van der Waals surface area contributed by atoms with Gasteiger partial charge in [-0.2, -0.15) is 0 Å². The van der Waals surface area contributed by atoms with E-state index in [1.54, 1.807) is 20.8 Å². The van der Waals surface area contributed by atoms with Crippen LogP contribution in [0.25, 0.3) is 0 Å². The third kappa shape index (κ3) is 2.12. The molecule has 1 rings (SSSR count). The summed E-state index contributed by atoms with van der Waals surface area (Å²) in [6, 6.07) is 0. The van der Waals surface area contributed by atoms with Crippen molar-refractivity contribution in [3.63, 3.8) is 0 Å². The van der Waals surface area contributed by atoms with Crippen molar-refractivity contribution in [1.82, 2.24) is 4.57 Å². The lowest BCUT2D eigenvalue weighted by Crippen LogP contribution is -2.19. The average molecular weight is 213 g/mol. The summed E-state index contributed by atoms with van der Waals surface area (Å²) in [5.41, 5.74) is -1.37. The third-order valence-electron chi connectivity index (χ3n) is 1.95. The van der Waals surface area contributed by atoms with Gasteiger partial charge in [-0.15, -0.1) is 0 Å². The smallest absolute Gasteiger partial charge is 0.336 e. The highest BCUT2D eigenvalue weighted by molar-refractivity contribution is 5.51. The minimum Gasteiger partial charge on any atom is -0.336 e. The fourth-order valence-corrected chi connectivity index (χ4v) is 1.10. The maximum absolute atomic E-state index is 10.6. The van der Waals surface area contributed by atoms with Crippen LogP contribution in [-0.2, 0) is 5.54 Å². The van der Waals surface area contributed by atoms with Crippen molar-refractivity contribution in [1.29, 1.82) is 0 Å². The standard InChI is InChI=1S/C8H11N3O4/c1-8(2,3)9-4-6(10(12)13)7(5-9)11(14)15/h4-5H,1-3H3. The molecule has 0 fully saturated rings. The molecule has 7 heteroatoms. The van der Waals surface area contributed by atoms with E-state index in [-0.39, 0.29) is 0 Å². The molecule has 0 N–H and O–H groups in total. The second-order valence-electron chi connectivity index (χ2n) is 4.12. The van der Waals surface area contributed by atoms with Crippen molar-refractivity contribution in [2.24, 2.45) is 0 Å². The van der Waals surface area contributed by atoms with Gasteiger partial charge in [0.1, 0.15) is 0 Å². The Morgan fingerprint density at radius 3 is 1.60 bits per heavy atom. The van der Waals surface area contributed by atoms with E-state index in [0.717, 1.165) is 0 Å². The van der Waals surface area contributed by atoms with Crippen LogP contribution in [0.2, 0.25) is 0 Å². The van der Waals surface area contributed by atoms with Crippen LogP contribution in [0.3, 0.4) is 0 Å². The van der Waals surface area contributed by atoms with Crippen molar-refractivity contribution in [3.8, 4) is 0 Å². The number of rotatable bonds is 2. The van der Waals surface area contributed by atoms with Crippen LogP contribution < -0.4 is 0 Å². The van der Waals surface area contributed by atoms with E-state index in [9.17, 15) is 20.2 Å². The summed E-state index contributed by atoms with van der Waals surface area (Å²) < 4.78 is 1.46. The first-order valence-corrected chi connectivity index (χ1v) is 4.24. The fraction of sp³-hybridized carbons (Fsp3) is 0.500. The van der Waals surface area contributed by atoms with Crippen molar-refractivity contribution in [2.75, 3.05) is 0 Å². The monoisotopic (exact) mass is 213 g/mol. The lowest BCUT2D eigenvalue weighted by molar-refractivity contribution is -0.421. The van der Waals surface area contributed by atoms with Crippen molar-refractivity contribution >= 4 is 11.4 Å². The van der Waals surface area contributed by atoms with Crippen LogP contribution in [0, 0.1) is 20.2 Å². The summed E-state index contributed by atoms with van der Waals surface area (Å²) in [6.45, 7) is 5.42. The molecule has 0 saturated heterocycles. The Hall–Kier alpha value is -1.92. The lowest BCUT2D eigenvalue weighted by atomic mass is 10.1. The average Bonchev–Trinajstić information content (AvgIpc) is 2.45. The fourth-order valence-electron chi connectivity index (χ4n) is 1.10. The Labute approximate surface area is 85.6 Å². The minimum atomic E-state index is -0.750. The maximum atomic E-state index is 10.6. The van der Waals surface area contributed by atoms with Gasteiger partial charge in [0, 0.05) is 5.54 Å². The molecule has 1 aromatic heterocycles. The molecule has 0 radical (unpaired) electrons. The molecule has 82 valence electrons. The van der Waals surface area contributed by atoms with Crippen LogP contribution in [0.4, 0.5) is 11.4 Å². The Balaban J connectivity index is 3.34. The Bertz CT molecular complexity index is 385. The zero-order valence-corrected chi connectivity index (χ0v) is 8.63. The molecule has 0 saturated carbocycles. The van der Waals surface area contributed by atoms with Gasteiger partial charge in [0.2, 0.25) is 0 Å². The molecule has 1 heterocycles. The van der Waals surface area contributed by atoms with E-state index in [1.807, 2.05) is 0 Å². The summed E-state index contributed by atoms with van der Waals surface area (Å²) in [4.78, 5) is 19.6. The topological polar surface area (TPSA) is 91.2 Å². The molecular weight excluding hydrogens is 202 g/mol. The van der Waals surface area contributed by atoms with E-state index >= 15 is 0 Å². The number of aromatic nitrogens is 1. The second-order valence-corrected chi connectivity index (χ2v) is 4.12. The molecule has 0 aromatic carbocycles. The highest BCUT2D eigenvalue weighted by atomic mass is 16.6. The first-order valence-electron chi connectivity index (χ1n) is 4.24. The van der Waals surface area contributed by atoms with Crippen LogP contribution in [0.5, 0.6) is 0 Å². The lowest BCUT2D eigenvalue weighted by Gasteiger charge is -2.19. The highest BCUT2D eigenvalue weighted by Crippen LogP contribution is 2.30. The molecule has 0 aliphatic rings. The van der Waals surface area contributed by atoms with Crippen LogP contribution >= 0.6 is 0 Å². The van der Waals surface area contributed by atoms with Gasteiger partial charge in [0.15, 0.2) is 0 Å². The van der Waals surface area contributed by atoms with Gasteiger partial charge in [-0.25, -0.2) is 0 Å². The second kappa shape index (κ2) is 3.34. The van der Waals surface area contributed by atoms with Gasteiger partial charge in [-0.1, -0.05) is 0 Å². The SMILES string of the molecule is CC(C)(C)n1cc([N+](=O)[O-])c([N+](=O)[O-])c1. The predicted octanol–water partition coefficient (Wildman–Crippen LogP) is 2.06. The third-order valence-corrected chi connectivity index (χ3v) is 1.95. The predicted molar refractivity (Wildman–Crippen MR) is 52.7 cm³/mol. The summed E-state index contributed by atoms with van der Waals surface area (Å²) >= 11 is 0. The normalized spacial score (nSPS) is 11.4. The molecule has 1 aromatic rings. The molecule has 15 heavy (non-hydrogen) atoms. The zero-order chi connectivity index (χ0) is 11.8. The van der Waals surface area contributed by atoms with Gasteiger partial charge < -0.3 is 4.57 Å². The Kier molecular flexibility index (Phi) is 2.48.